The van der Waals surface area contributed by atoms with Crippen LogP contribution in [0.1, 0.15) is 17.9 Å². The molecule has 2 aromatic carbocycles. The van der Waals surface area contributed by atoms with Gasteiger partial charge in [0.15, 0.2) is 5.43 Å². The average molecular weight is 501 g/mol. The van der Waals surface area contributed by atoms with E-state index in [1.807, 2.05) is 11.9 Å². The molecule has 2 atom stereocenters. The Hall–Kier alpha value is -2.13. The number of likely N-dealkylation sites (tertiary alicyclic amines) is 1. The molecule has 0 bridgehead atoms. The largest absolute Gasteiger partial charge is 0.507 e. The molecule has 1 aliphatic rings. The first-order chi connectivity index (χ1) is 13.8. The van der Waals surface area contributed by atoms with Crippen LogP contribution in [0.3, 0.4) is 0 Å². The Labute approximate surface area is 186 Å². The van der Waals surface area contributed by atoms with Gasteiger partial charge in [-0.2, -0.15) is 0 Å². The summed E-state index contributed by atoms with van der Waals surface area (Å²) in [7, 11) is 1.87. The maximum Gasteiger partial charge on any atom is 0.197 e. The molecule has 9 heteroatoms. The number of fused-ring (bicyclic) bond motifs is 1. The van der Waals surface area contributed by atoms with Gasteiger partial charge in [-0.3, -0.25) is 4.79 Å². The Morgan fingerprint density at radius 1 is 1.23 bits per heavy atom. The standard InChI is InChI=1S/C21H19BrFNO5.ClH/c1-24-5-4-11(14(24)9-25)19-15(26)7-16(27)20-17(28)8-18(29-21(19)20)12-6-10(23)2-3-13(12)22;/h2-3,6-8,11,14,25-27H,4-5,9H2,1H3;1H/t11-,14+;/m1./s1. The molecule has 3 N–H and O–H groups in total. The van der Waals surface area contributed by atoms with E-state index in [1.165, 1.54) is 24.3 Å². The average Bonchev–Trinajstić information content (AvgIpc) is 3.03. The number of nitrogens with zero attached hydrogens (tertiary/aromatic N) is 1. The zero-order valence-corrected chi connectivity index (χ0v) is 18.3. The maximum absolute atomic E-state index is 13.8. The molecule has 0 aliphatic carbocycles. The summed E-state index contributed by atoms with van der Waals surface area (Å²) in [5, 5.41) is 30.7. The lowest BCUT2D eigenvalue weighted by molar-refractivity contribution is 0.172. The van der Waals surface area contributed by atoms with Crippen LogP contribution in [0.2, 0.25) is 0 Å². The molecule has 30 heavy (non-hydrogen) atoms. The third kappa shape index (κ3) is 3.69. The van der Waals surface area contributed by atoms with Crippen molar-refractivity contribution in [3.05, 3.63) is 56.4 Å². The van der Waals surface area contributed by atoms with Crippen LogP contribution >= 0.6 is 28.3 Å². The van der Waals surface area contributed by atoms with E-state index in [4.69, 9.17) is 4.42 Å². The van der Waals surface area contributed by atoms with Crippen molar-refractivity contribution in [2.45, 2.75) is 18.4 Å². The molecule has 0 radical (unpaired) electrons. The molecule has 0 saturated carbocycles. The number of rotatable bonds is 3. The Bertz CT molecular complexity index is 1170. The number of phenolic OH excluding ortho intramolecular Hbond substituents is 2. The minimum absolute atomic E-state index is 0. The highest BCUT2D eigenvalue weighted by Gasteiger charge is 2.36. The van der Waals surface area contributed by atoms with Crippen LogP contribution in [-0.2, 0) is 0 Å². The van der Waals surface area contributed by atoms with E-state index in [2.05, 4.69) is 15.9 Å². The monoisotopic (exact) mass is 499 g/mol. The molecule has 0 amide bonds. The smallest absolute Gasteiger partial charge is 0.197 e. The zero-order chi connectivity index (χ0) is 20.9. The van der Waals surface area contributed by atoms with E-state index in [0.29, 0.717) is 28.6 Å². The van der Waals surface area contributed by atoms with E-state index in [0.717, 1.165) is 6.07 Å². The van der Waals surface area contributed by atoms with E-state index in [9.17, 15) is 24.5 Å². The second-order valence-electron chi connectivity index (χ2n) is 7.26. The number of phenols is 2. The third-order valence-electron chi connectivity index (χ3n) is 5.57. The van der Waals surface area contributed by atoms with Gasteiger partial charge in [0.1, 0.15) is 34.0 Å². The van der Waals surface area contributed by atoms with E-state index < -0.39 is 17.0 Å². The number of likely N-dealkylation sites (N-methyl/N-ethyl adjacent to an activating group) is 1. The number of aromatic hydroxyl groups is 2. The van der Waals surface area contributed by atoms with E-state index in [1.54, 1.807) is 0 Å². The van der Waals surface area contributed by atoms with Crippen molar-refractivity contribution in [2.75, 3.05) is 20.2 Å². The number of aliphatic hydroxyl groups excluding tert-OH is 1. The molecular formula is C21H20BrClFNO5. The van der Waals surface area contributed by atoms with Gasteiger partial charge in [0.05, 0.1) is 6.61 Å². The van der Waals surface area contributed by atoms with Crippen molar-refractivity contribution in [1.29, 1.82) is 0 Å². The number of benzene rings is 2. The first-order valence-corrected chi connectivity index (χ1v) is 9.90. The number of halogens is 3. The Morgan fingerprint density at radius 3 is 2.67 bits per heavy atom. The molecule has 1 saturated heterocycles. The second kappa shape index (κ2) is 8.55. The Balaban J connectivity index is 0.00000256. The van der Waals surface area contributed by atoms with Gasteiger partial charge in [-0.15, -0.1) is 12.4 Å². The summed E-state index contributed by atoms with van der Waals surface area (Å²) < 4.78 is 20.3. The van der Waals surface area contributed by atoms with Crippen LogP contribution in [0.4, 0.5) is 4.39 Å². The molecular weight excluding hydrogens is 481 g/mol. The normalized spacial score (nSPS) is 19.2. The van der Waals surface area contributed by atoms with Gasteiger partial charge >= 0.3 is 0 Å². The summed E-state index contributed by atoms with van der Waals surface area (Å²) in [6.45, 7) is 0.555. The van der Waals surface area contributed by atoms with E-state index >= 15 is 0 Å². The molecule has 3 aromatic rings. The fourth-order valence-electron chi connectivity index (χ4n) is 4.11. The van der Waals surface area contributed by atoms with Gasteiger partial charge in [0.2, 0.25) is 0 Å². The first-order valence-electron chi connectivity index (χ1n) is 9.11. The summed E-state index contributed by atoms with van der Waals surface area (Å²) in [6, 6.07) is 6.05. The van der Waals surface area contributed by atoms with Gasteiger partial charge in [0.25, 0.3) is 0 Å². The van der Waals surface area contributed by atoms with Gasteiger partial charge in [-0.25, -0.2) is 4.39 Å². The van der Waals surface area contributed by atoms with E-state index in [-0.39, 0.29) is 53.5 Å². The zero-order valence-electron chi connectivity index (χ0n) is 15.9. The van der Waals surface area contributed by atoms with Crippen LogP contribution in [0.15, 0.2) is 44.0 Å². The Morgan fingerprint density at radius 2 is 1.97 bits per heavy atom. The van der Waals surface area contributed by atoms with Gasteiger partial charge in [-0.1, -0.05) is 15.9 Å². The molecule has 1 fully saturated rings. The van der Waals surface area contributed by atoms with Crippen LogP contribution in [0.5, 0.6) is 11.5 Å². The molecule has 0 spiro atoms. The SMILES string of the molecule is CN1CC[C@@H](c2c(O)cc(O)c3c(=O)cc(-c4cc(F)ccc4Br)oc23)[C@@H]1CO.Cl. The second-order valence-corrected chi connectivity index (χ2v) is 8.11. The number of hydrogen-bond acceptors (Lipinski definition) is 6. The van der Waals surface area contributed by atoms with Crippen LogP contribution in [0.25, 0.3) is 22.3 Å². The fraction of sp³-hybridized carbons (Fsp3) is 0.286. The molecule has 0 unspecified atom stereocenters. The predicted molar refractivity (Wildman–Crippen MR) is 117 cm³/mol. The summed E-state index contributed by atoms with van der Waals surface area (Å²) in [6.07, 6.45) is 0.632. The lowest BCUT2D eigenvalue weighted by Crippen LogP contribution is -2.32. The topological polar surface area (TPSA) is 94.1 Å². The highest BCUT2D eigenvalue weighted by Crippen LogP contribution is 2.44. The highest BCUT2D eigenvalue weighted by atomic mass is 79.9. The van der Waals surface area contributed by atoms with Crippen LogP contribution in [0, 0.1) is 5.82 Å². The molecule has 1 aliphatic heterocycles. The predicted octanol–water partition coefficient (Wildman–Crippen LogP) is 3.97. The van der Waals surface area contributed by atoms with Crippen molar-refractivity contribution in [2.24, 2.45) is 0 Å². The van der Waals surface area contributed by atoms with Crippen molar-refractivity contribution < 1.29 is 24.1 Å². The fourth-order valence-corrected chi connectivity index (χ4v) is 4.55. The minimum Gasteiger partial charge on any atom is -0.507 e. The molecule has 1 aromatic heterocycles. The lowest BCUT2D eigenvalue weighted by Gasteiger charge is -2.24. The Kier molecular flexibility index (Phi) is 6.43. The summed E-state index contributed by atoms with van der Waals surface area (Å²) in [5.41, 5.74) is 0.218. The van der Waals surface area contributed by atoms with Gasteiger partial charge < -0.3 is 24.6 Å². The first kappa shape index (κ1) is 22.6. The summed E-state index contributed by atoms with van der Waals surface area (Å²) in [5.74, 6) is -1.31. The molecule has 160 valence electrons. The van der Waals surface area contributed by atoms with Crippen molar-refractivity contribution >= 4 is 39.3 Å². The quantitative estimate of drug-likeness (QED) is 0.504. The van der Waals surface area contributed by atoms with Crippen molar-refractivity contribution in [3.8, 4) is 22.8 Å². The minimum atomic E-state index is -0.511. The van der Waals surface area contributed by atoms with Crippen LogP contribution in [-0.4, -0.2) is 46.5 Å². The van der Waals surface area contributed by atoms with Crippen molar-refractivity contribution in [1.82, 2.24) is 4.90 Å². The maximum atomic E-state index is 13.8. The number of aliphatic hydroxyl groups is 1. The molecule has 2 heterocycles. The number of hydrogen-bond donors (Lipinski definition) is 3. The van der Waals surface area contributed by atoms with Crippen LogP contribution < -0.4 is 5.43 Å². The lowest BCUT2D eigenvalue weighted by atomic mass is 9.89. The van der Waals surface area contributed by atoms with Gasteiger partial charge in [-0.05, 0) is 38.2 Å². The van der Waals surface area contributed by atoms with Gasteiger partial charge in [0, 0.05) is 39.7 Å². The summed E-state index contributed by atoms with van der Waals surface area (Å²) >= 11 is 3.33. The third-order valence-corrected chi connectivity index (χ3v) is 6.26. The summed E-state index contributed by atoms with van der Waals surface area (Å²) in [4.78, 5) is 14.8. The van der Waals surface area contributed by atoms with Crippen molar-refractivity contribution in [3.63, 3.8) is 0 Å². The highest BCUT2D eigenvalue weighted by molar-refractivity contribution is 9.10. The molecule has 4 rings (SSSR count). The molecule has 6 nitrogen and oxygen atoms in total.